The molecule has 186 valence electrons. The van der Waals surface area contributed by atoms with E-state index < -0.39 is 6.10 Å². The lowest BCUT2D eigenvalue weighted by Gasteiger charge is -2.35. The normalized spacial score (nSPS) is 18.7. The van der Waals surface area contributed by atoms with Crippen LogP contribution in [0, 0.1) is 19.8 Å². The molecular weight excluding hydrogens is 432 g/mol. The fourth-order valence-electron chi connectivity index (χ4n) is 4.67. The summed E-state index contributed by atoms with van der Waals surface area (Å²) in [6.07, 6.45) is 0.403. The van der Waals surface area contributed by atoms with Gasteiger partial charge in [0.2, 0.25) is 0 Å². The summed E-state index contributed by atoms with van der Waals surface area (Å²) in [6.45, 7) is 13.6. The second-order valence-corrected chi connectivity index (χ2v) is 9.81. The summed E-state index contributed by atoms with van der Waals surface area (Å²) in [5, 5.41) is 4.54. The zero-order valence-electron chi connectivity index (χ0n) is 21.2. The van der Waals surface area contributed by atoms with Crippen LogP contribution in [0.5, 0.6) is 11.5 Å². The van der Waals surface area contributed by atoms with Crippen molar-refractivity contribution in [3.8, 4) is 11.5 Å². The molecule has 3 heterocycles. The minimum absolute atomic E-state index is 0.0464. The lowest BCUT2D eigenvalue weighted by Crippen LogP contribution is -2.51. The summed E-state index contributed by atoms with van der Waals surface area (Å²) in [6, 6.07) is 5.98. The van der Waals surface area contributed by atoms with E-state index in [1.165, 1.54) is 11.3 Å². The third-order valence-electron chi connectivity index (χ3n) is 6.55. The smallest absolute Gasteiger partial charge is 0.253 e. The monoisotopic (exact) mass is 470 g/mol. The summed E-state index contributed by atoms with van der Waals surface area (Å²) in [5.74, 6) is 1.93. The molecule has 1 amide bonds. The van der Waals surface area contributed by atoms with Gasteiger partial charge in [-0.25, -0.2) is 0 Å². The number of carbonyl (C=O) groups is 1. The van der Waals surface area contributed by atoms with Gasteiger partial charge in [0.25, 0.3) is 5.91 Å². The van der Waals surface area contributed by atoms with Crippen molar-refractivity contribution in [2.75, 3.05) is 39.5 Å². The van der Waals surface area contributed by atoms with Crippen LogP contribution in [-0.2, 0) is 29.7 Å². The predicted octanol–water partition coefficient (Wildman–Crippen LogP) is 3.08. The first kappa shape index (κ1) is 24.5. The van der Waals surface area contributed by atoms with E-state index in [-0.39, 0.29) is 5.91 Å². The number of aryl methyl sites for hydroxylation is 2. The van der Waals surface area contributed by atoms with Crippen LogP contribution in [0.2, 0.25) is 0 Å². The first-order valence-corrected chi connectivity index (χ1v) is 12.3. The van der Waals surface area contributed by atoms with Gasteiger partial charge >= 0.3 is 0 Å². The maximum absolute atomic E-state index is 13.6. The topological polar surface area (TPSA) is 69.1 Å². The molecule has 1 fully saturated rings. The van der Waals surface area contributed by atoms with Crippen LogP contribution < -0.4 is 9.47 Å². The van der Waals surface area contributed by atoms with Gasteiger partial charge in [-0.05, 0) is 37.5 Å². The number of hydrogen-bond donors (Lipinski definition) is 0. The molecule has 0 aliphatic carbocycles. The van der Waals surface area contributed by atoms with Gasteiger partial charge < -0.3 is 19.1 Å². The van der Waals surface area contributed by atoms with Gasteiger partial charge in [0.15, 0.2) is 11.5 Å². The van der Waals surface area contributed by atoms with Gasteiger partial charge in [-0.1, -0.05) is 19.9 Å². The highest BCUT2D eigenvalue weighted by molar-refractivity contribution is 5.81. The largest absolute Gasteiger partial charge is 0.490 e. The average molecular weight is 471 g/mol. The van der Waals surface area contributed by atoms with Gasteiger partial charge in [-0.2, -0.15) is 5.10 Å². The maximum atomic E-state index is 13.6. The van der Waals surface area contributed by atoms with Crippen LogP contribution in [0.3, 0.4) is 0 Å². The summed E-state index contributed by atoms with van der Waals surface area (Å²) >= 11 is 0. The number of hydrogen-bond acceptors (Lipinski definition) is 6. The number of carbonyl (C=O) groups excluding carboxylic acids is 1. The molecule has 8 heteroatoms. The molecule has 8 nitrogen and oxygen atoms in total. The molecule has 0 N–H and O–H groups in total. The first-order valence-electron chi connectivity index (χ1n) is 12.3. The Balaban J connectivity index is 1.46. The molecule has 2 aliphatic rings. The van der Waals surface area contributed by atoms with Crippen molar-refractivity contribution >= 4 is 5.91 Å². The van der Waals surface area contributed by atoms with Crippen LogP contribution in [0.4, 0.5) is 0 Å². The molecule has 1 aromatic carbocycles. The average Bonchev–Trinajstić information content (AvgIpc) is 2.97. The van der Waals surface area contributed by atoms with Gasteiger partial charge in [-0.3, -0.25) is 14.4 Å². The van der Waals surface area contributed by atoms with Gasteiger partial charge in [0.05, 0.1) is 25.5 Å². The molecule has 0 spiro atoms. The fraction of sp³-hybridized carbons (Fsp3) is 0.615. The third-order valence-corrected chi connectivity index (χ3v) is 6.55. The standard InChI is InChI=1S/C26H38N4O4/c1-18(2)14-30(15-21-7-8-23-24(13-21)33-11-6-10-32-23)26(31)25-17-29(9-12-34-25)16-22-19(3)27-28(5)20(22)4/h7-8,13,18,25H,6,9-12,14-17H2,1-5H3. The Bertz CT molecular complexity index is 1000. The van der Waals surface area contributed by atoms with Crippen molar-refractivity contribution in [2.24, 2.45) is 13.0 Å². The van der Waals surface area contributed by atoms with Crippen LogP contribution >= 0.6 is 0 Å². The Kier molecular flexibility index (Phi) is 7.78. The van der Waals surface area contributed by atoms with Gasteiger partial charge in [-0.15, -0.1) is 0 Å². The molecule has 1 atom stereocenters. The van der Waals surface area contributed by atoms with Crippen LogP contribution in [-0.4, -0.2) is 71.0 Å². The number of amides is 1. The molecule has 4 rings (SSSR count). The maximum Gasteiger partial charge on any atom is 0.253 e. The first-order chi connectivity index (χ1) is 16.3. The summed E-state index contributed by atoms with van der Waals surface area (Å²) in [4.78, 5) is 17.9. The molecule has 0 bridgehead atoms. The number of rotatable bonds is 7. The fourth-order valence-corrected chi connectivity index (χ4v) is 4.67. The lowest BCUT2D eigenvalue weighted by atomic mass is 10.1. The molecule has 2 aromatic rings. The van der Waals surface area contributed by atoms with Crippen molar-refractivity contribution in [1.82, 2.24) is 19.6 Å². The third kappa shape index (κ3) is 5.73. The van der Waals surface area contributed by atoms with Crippen molar-refractivity contribution in [2.45, 2.75) is 53.3 Å². The Hall–Kier alpha value is -2.58. The van der Waals surface area contributed by atoms with E-state index in [0.29, 0.717) is 45.4 Å². The molecule has 34 heavy (non-hydrogen) atoms. The van der Waals surface area contributed by atoms with Gasteiger partial charge in [0.1, 0.15) is 6.10 Å². The summed E-state index contributed by atoms with van der Waals surface area (Å²) in [5.41, 5.74) is 4.49. The molecule has 0 saturated carbocycles. The molecule has 0 radical (unpaired) electrons. The second-order valence-electron chi connectivity index (χ2n) is 9.81. The molecular formula is C26H38N4O4. The Labute approximate surface area is 202 Å². The van der Waals surface area contributed by atoms with E-state index in [9.17, 15) is 4.79 Å². The van der Waals surface area contributed by atoms with E-state index in [1.807, 2.05) is 41.8 Å². The van der Waals surface area contributed by atoms with Crippen molar-refractivity contribution < 1.29 is 19.0 Å². The predicted molar refractivity (Wildman–Crippen MR) is 130 cm³/mol. The number of nitrogens with zero attached hydrogens (tertiary/aromatic N) is 4. The molecule has 1 aromatic heterocycles. The highest BCUT2D eigenvalue weighted by Gasteiger charge is 2.31. The van der Waals surface area contributed by atoms with E-state index in [2.05, 4.69) is 30.8 Å². The Morgan fingerprint density at radius 3 is 2.65 bits per heavy atom. The molecule has 1 saturated heterocycles. The van der Waals surface area contributed by atoms with Crippen molar-refractivity contribution in [1.29, 1.82) is 0 Å². The SMILES string of the molecule is Cc1nn(C)c(C)c1CN1CCOC(C(=O)N(Cc2ccc3c(c2)OCCCO3)CC(C)C)C1. The minimum Gasteiger partial charge on any atom is -0.490 e. The minimum atomic E-state index is -0.467. The van der Waals surface area contributed by atoms with Crippen LogP contribution in [0.1, 0.15) is 42.8 Å². The molecule has 1 unspecified atom stereocenters. The molecule has 2 aliphatic heterocycles. The number of ether oxygens (including phenoxy) is 3. The zero-order chi connectivity index (χ0) is 24.2. The van der Waals surface area contributed by atoms with Crippen molar-refractivity contribution in [3.05, 3.63) is 40.7 Å². The highest BCUT2D eigenvalue weighted by Crippen LogP contribution is 2.31. The van der Waals surface area contributed by atoms with Crippen LogP contribution in [0.15, 0.2) is 18.2 Å². The number of morpholine rings is 1. The van der Waals surface area contributed by atoms with Crippen molar-refractivity contribution in [3.63, 3.8) is 0 Å². The van der Waals surface area contributed by atoms with E-state index in [4.69, 9.17) is 14.2 Å². The zero-order valence-corrected chi connectivity index (χ0v) is 21.2. The Morgan fingerprint density at radius 2 is 1.94 bits per heavy atom. The summed E-state index contributed by atoms with van der Waals surface area (Å²) < 4.78 is 19.5. The number of aromatic nitrogens is 2. The summed E-state index contributed by atoms with van der Waals surface area (Å²) in [7, 11) is 1.97. The highest BCUT2D eigenvalue weighted by atomic mass is 16.5. The lowest BCUT2D eigenvalue weighted by molar-refractivity contribution is -0.151. The van der Waals surface area contributed by atoms with E-state index >= 15 is 0 Å². The number of benzene rings is 1. The van der Waals surface area contributed by atoms with E-state index in [1.54, 1.807) is 0 Å². The van der Waals surface area contributed by atoms with Crippen LogP contribution in [0.25, 0.3) is 0 Å². The van der Waals surface area contributed by atoms with E-state index in [0.717, 1.165) is 42.3 Å². The van der Waals surface area contributed by atoms with Gasteiger partial charge in [0, 0.05) is 57.4 Å². The quantitative estimate of drug-likeness (QED) is 0.620. The Morgan fingerprint density at radius 1 is 1.18 bits per heavy atom. The number of fused-ring (bicyclic) bond motifs is 1. The second kappa shape index (κ2) is 10.8.